The molecule has 1 amide bonds. The van der Waals surface area contributed by atoms with Crippen LogP contribution in [-0.2, 0) is 6.42 Å². The van der Waals surface area contributed by atoms with E-state index in [4.69, 9.17) is 9.84 Å². The fourth-order valence-electron chi connectivity index (χ4n) is 6.34. The Kier molecular flexibility index (Phi) is 5.10. The molecule has 0 radical (unpaired) electrons. The second-order valence-electron chi connectivity index (χ2n) is 9.00. The molecule has 1 aromatic carbocycles. The van der Waals surface area contributed by atoms with Gasteiger partial charge in [0.25, 0.3) is 0 Å². The minimum Gasteiger partial charge on any atom is -0.494 e. The zero-order valence-electron chi connectivity index (χ0n) is 15.6. The van der Waals surface area contributed by atoms with Gasteiger partial charge in [-0.2, -0.15) is 0 Å². The van der Waals surface area contributed by atoms with Crippen LogP contribution in [0.5, 0.6) is 5.75 Å². The molecule has 5 rings (SSSR count). The van der Waals surface area contributed by atoms with Crippen molar-refractivity contribution in [1.82, 2.24) is 5.32 Å². The number of ether oxygens (including phenoxy) is 1. The fraction of sp³-hybridized carbons (Fsp3) is 0.682. The molecule has 0 aromatic heterocycles. The van der Waals surface area contributed by atoms with Crippen molar-refractivity contribution in [1.29, 1.82) is 0 Å². The van der Waals surface area contributed by atoms with Crippen LogP contribution in [-0.4, -0.2) is 24.4 Å². The molecular weight excluding hydrogens is 326 g/mol. The van der Waals surface area contributed by atoms with E-state index in [0.29, 0.717) is 18.4 Å². The number of carbonyl (C=O) groups is 1. The molecule has 4 heteroatoms. The van der Waals surface area contributed by atoms with Gasteiger partial charge in [-0.3, -0.25) is 0 Å². The Morgan fingerprint density at radius 1 is 1.15 bits per heavy atom. The second-order valence-corrected chi connectivity index (χ2v) is 9.00. The molecule has 4 fully saturated rings. The number of rotatable bonds is 8. The number of nitrogens with one attached hydrogen (secondary N) is 1. The summed E-state index contributed by atoms with van der Waals surface area (Å²) >= 11 is 0. The van der Waals surface area contributed by atoms with Crippen LogP contribution in [0.1, 0.15) is 56.9 Å². The maximum absolute atomic E-state index is 10.5. The molecule has 0 aliphatic heterocycles. The van der Waals surface area contributed by atoms with Crippen molar-refractivity contribution in [3.05, 3.63) is 29.8 Å². The van der Waals surface area contributed by atoms with E-state index in [1.807, 2.05) is 24.3 Å². The molecule has 4 bridgehead atoms. The zero-order chi connectivity index (χ0) is 18.0. The highest BCUT2D eigenvalue weighted by atomic mass is 16.5. The Morgan fingerprint density at radius 3 is 2.50 bits per heavy atom. The van der Waals surface area contributed by atoms with Gasteiger partial charge in [-0.25, -0.2) is 4.79 Å². The van der Waals surface area contributed by atoms with Crippen molar-refractivity contribution in [2.24, 2.45) is 23.2 Å². The molecule has 26 heavy (non-hydrogen) atoms. The molecular formula is C22H31NO3. The van der Waals surface area contributed by atoms with Crippen molar-refractivity contribution in [3.8, 4) is 5.75 Å². The summed E-state index contributed by atoms with van der Waals surface area (Å²) in [4.78, 5) is 10.5. The topological polar surface area (TPSA) is 58.6 Å². The highest BCUT2D eigenvalue weighted by Crippen LogP contribution is 2.61. The molecule has 4 aliphatic rings. The van der Waals surface area contributed by atoms with Crippen molar-refractivity contribution >= 4 is 6.09 Å². The third-order valence-corrected chi connectivity index (χ3v) is 6.87. The number of benzene rings is 1. The maximum atomic E-state index is 10.5. The molecule has 0 saturated heterocycles. The lowest BCUT2D eigenvalue weighted by atomic mass is 9.48. The lowest BCUT2D eigenvalue weighted by Crippen LogP contribution is -2.46. The second kappa shape index (κ2) is 7.50. The van der Waals surface area contributed by atoms with Gasteiger partial charge in [-0.05, 0) is 98.7 Å². The van der Waals surface area contributed by atoms with Crippen molar-refractivity contribution in [3.63, 3.8) is 0 Å². The lowest BCUT2D eigenvalue weighted by molar-refractivity contribution is -0.0593. The lowest BCUT2D eigenvalue weighted by Gasteiger charge is -2.57. The Balaban J connectivity index is 1.22. The van der Waals surface area contributed by atoms with E-state index < -0.39 is 6.09 Å². The summed E-state index contributed by atoms with van der Waals surface area (Å²) in [6, 6.07) is 8.05. The maximum Gasteiger partial charge on any atom is 0.404 e. The number of amides is 1. The molecule has 0 spiro atoms. The zero-order valence-corrected chi connectivity index (χ0v) is 15.6. The quantitative estimate of drug-likeness (QED) is 0.652. The average Bonchev–Trinajstić information content (AvgIpc) is 2.58. The standard InChI is InChI=1S/C22H31NO3/c24-21(25)23-7-5-16-3-1-4-20(12-16)26-8-2-6-22-13-17-9-18(14-22)11-19(10-17)15-22/h1,3-4,12,17-19,23H,2,5-11,13-15H2,(H,24,25). The largest absolute Gasteiger partial charge is 0.494 e. The third-order valence-electron chi connectivity index (χ3n) is 6.87. The van der Waals surface area contributed by atoms with Crippen LogP contribution in [0, 0.1) is 23.2 Å². The molecule has 142 valence electrons. The summed E-state index contributed by atoms with van der Waals surface area (Å²) in [7, 11) is 0. The first kappa shape index (κ1) is 17.7. The number of carboxylic acid groups (broad SMARTS) is 1. The highest BCUT2D eigenvalue weighted by Gasteiger charge is 2.50. The van der Waals surface area contributed by atoms with Gasteiger partial charge < -0.3 is 15.2 Å². The minimum atomic E-state index is -0.970. The van der Waals surface area contributed by atoms with Crippen LogP contribution >= 0.6 is 0 Å². The minimum absolute atomic E-state index is 0.435. The monoisotopic (exact) mass is 357 g/mol. The number of hydrogen-bond acceptors (Lipinski definition) is 2. The van der Waals surface area contributed by atoms with Crippen LogP contribution in [0.25, 0.3) is 0 Å². The fourth-order valence-corrected chi connectivity index (χ4v) is 6.34. The molecule has 4 nitrogen and oxygen atoms in total. The summed E-state index contributed by atoms with van der Waals surface area (Å²) in [6.45, 7) is 1.23. The van der Waals surface area contributed by atoms with Crippen LogP contribution in [0.4, 0.5) is 4.79 Å². The highest BCUT2D eigenvalue weighted by molar-refractivity contribution is 5.64. The van der Waals surface area contributed by atoms with E-state index in [1.165, 1.54) is 44.9 Å². The summed E-state index contributed by atoms with van der Waals surface area (Å²) in [5, 5.41) is 11.0. The molecule has 0 unspecified atom stereocenters. The molecule has 0 heterocycles. The van der Waals surface area contributed by atoms with E-state index >= 15 is 0 Å². The predicted molar refractivity (Wildman–Crippen MR) is 102 cm³/mol. The molecule has 4 saturated carbocycles. The average molecular weight is 357 g/mol. The van der Waals surface area contributed by atoms with Gasteiger partial charge in [0.1, 0.15) is 5.75 Å². The van der Waals surface area contributed by atoms with E-state index in [1.54, 1.807) is 0 Å². The van der Waals surface area contributed by atoms with Crippen molar-refractivity contribution in [2.75, 3.05) is 13.2 Å². The number of hydrogen-bond donors (Lipinski definition) is 2. The van der Waals surface area contributed by atoms with Crippen LogP contribution in [0.15, 0.2) is 24.3 Å². The van der Waals surface area contributed by atoms with Gasteiger partial charge >= 0.3 is 6.09 Å². The van der Waals surface area contributed by atoms with Crippen molar-refractivity contribution in [2.45, 2.75) is 57.8 Å². The normalized spacial score (nSPS) is 31.8. The molecule has 2 N–H and O–H groups in total. The summed E-state index contributed by atoms with van der Waals surface area (Å²) in [6.07, 6.45) is 11.2. The van der Waals surface area contributed by atoms with Gasteiger partial charge in [0.05, 0.1) is 6.61 Å². The van der Waals surface area contributed by atoms with Gasteiger partial charge in [-0.1, -0.05) is 12.1 Å². The van der Waals surface area contributed by atoms with Gasteiger partial charge in [-0.15, -0.1) is 0 Å². The molecule has 0 atom stereocenters. The van der Waals surface area contributed by atoms with Gasteiger partial charge in [0, 0.05) is 6.54 Å². The first-order valence-electron chi connectivity index (χ1n) is 10.3. The van der Waals surface area contributed by atoms with Gasteiger partial charge in [0.2, 0.25) is 0 Å². The SMILES string of the molecule is O=C(O)NCCc1cccc(OCCCC23CC4CC(CC(C4)C2)C3)c1. The van der Waals surface area contributed by atoms with Crippen molar-refractivity contribution < 1.29 is 14.6 Å². The third kappa shape index (κ3) is 4.16. The van der Waals surface area contributed by atoms with Crippen LogP contribution in [0.2, 0.25) is 0 Å². The van der Waals surface area contributed by atoms with E-state index in [-0.39, 0.29) is 0 Å². The Morgan fingerprint density at radius 2 is 1.85 bits per heavy atom. The van der Waals surface area contributed by atoms with Gasteiger partial charge in [0.15, 0.2) is 0 Å². The Bertz CT molecular complexity index is 607. The van der Waals surface area contributed by atoms with Crippen LogP contribution in [0.3, 0.4) is 0 Å². The van der Waals surface area contributed by atoms with E-state index in [2.05, 4.69) is 5.32 Å². The first-order valence-corrected chi connectivity index (χ1v) is 10.3. The van der Waals surface area contributed by atoms with E-state index in [0.717, 1.165) is 42.1 Å². The molecule has 4 aliphatic carbocycles. The summed E-state index contributed by atoms with van der Waals surface area (Å²) in [5.74, 6) is 3.98. The predicted octanol–water partition coefficient (Wildman–Crippen LogP) is 4.87. The first-order chi connectivity index (χ1) is 12.6. The Hall–Kier alpha value is -1.71. The molecule has 1 aromatic rings. The van der Waals surface area contributed by atoms with E-state index in [9.17, 15) is 4.79 Å². The summed E-state index contributed by atoms with van der Waals surface area (Å²) in [5.41, 5.74) is 1.75. The Labute approximate surface area is 156 Å². The smallest absolute Gasteiger partial charge is 0.404 e. The van der Waals surface area contributed by atoms with Crippen LogP contribution < -0.4 is 10.1 Å². The summed E-state index contributed by atoms with van der Waals surface area (Å²) < 4.78 is 6.00.